The second-order valence-electron chi connectivity index (χ2n) is 2.72. The molecule has 1 heterocycles. The SMILES string of the molecule is CCN(CCO)c1cccc(N)n1. The molecule has 0 aromatic carbocycles. The average molecular weight is 181 g/mol. The summed E-state index contributed by atoms with van der Waals surface area (Å²) in [6.45, 7) is 3.55. The first-order chi connectivity index (χ1) is 6.27. The van der Waals surface area contributed by atoms with Crippen molar-refractivity contribution in [1.82, 2.24) is 4.98 Å². The number of nitrogens with two attached hydrogens (primary N) is 1. The van der Waals surface area contributed by atoms with E-state index in [9.17, 15) is 0 Å². The normalized spacial score (nSPS) is 10.0. The molecule has 0 saturated heterocycles. The van der Waals surface area contributed by atoms with Crippen LogP contribution in [0.15, 0.2) is 18.2 Å². The second kappa shape index (κ2) is 4.67. The maximum Gasteiger partial charge on any atom is 0.131 e. The third-order valence-corrected chi connectivity index (χ3v) is 1.83. The summed E-state index contributed by atoms with van der Waals surface area (Å²) in [5.74, 6) is 1.32. The van der Waals surface area contributed by atoms with E-state index in [0.717, 1.165) is 12.4 Å². The largest absolute Gasteiger partial charge is 0.395 e. The number of nitrogen functional groups attached to an aromatic ring is 1. The first-order valence-electron chi connectivity index (χ1n) is 4.36. The molecule has 0 atom stereocenters. The molecule has 1 aromatic rings. The van der Waals surface area contributed by atoms with Crippen LogP contribution in [0, 0.1) is 0 Å². The summed E-state index contributed by atoms with van der Waals surface area (Å²) < 4.78 is 0. The van der Waals surface area contributed by atoms with Crippen molar-refractivity contribution in [1.29, 1.82) is 0 Å². The highest BCUT2D eigenvalue weighted by Gasteiger charge is 2.03. The number of hydrogen-bond acceptors (Lipinski definition) is 4. The molecule has 0 saturated carbocycles. The van der Waals surface area contributed by atoms with Crippen LogP contribution in [0.3, 0.4) is 0 Å². The van der Waals surface area contributed by atoms with Crippen LogP contribution in [0.25, 0.3) is 0 Å². The van der Waals surface area contributed by atoms with E-state index in [0.29, 0.717) is 12.4 Å². The number of aliphatic hydroxyl groups is 1. The van der Waals surface area contributed by atoms with Crippen LogP contribution in [0.4, 0.5) is 11.6 Å². The summed E-state index contributed by atoms with van der Waals surface area (Å²) in [6.07, 6.45) is 0. The molecule has 0 spiro atoms. The zero-order valence-corrected chi connectivity index (χ0v) is 7.77. The predicted octanol–water partition coefficient (Wildman–Crippen LogP) is 0.482. The number of likely N-dealkylation sites (N-methyl/N-ethyl adjacent to an activating group) is 1. The first kappa shape index (κ1) is 9.80. The number of pyridine rings is 1. The number of aromatic nitrogens is 1. The summed E-state index contributed by atoms with van der Waals surface area (Å²) in [5, 5.41) is 8.80. The maximum atomic E-state index is 8.80. The molecule has 4 nitrogen and oxygen atoms in total. The average Bonchev–Trinajstić information content (AvgIpc) is 2.14. The molecule has 0 radical (unpaired) electrons. The second-order valence-corrected chi connectivity index (χ2v) is 2.72. The summed E-state index contributed by atoms with van der Waals surface area (Å²) in [4.78, 5) is 6.12. The molecule has 0 bridgehead atoms. The Morgan fingerprint density at radius 3 is 2.85 bits per heavy atom. The van der Waals surface area contributed by atoms with Crippen molar-refractivity contribution in [3.8, 4) is 0 Å². The van der Waals surface area contributed by atoms with Gasteiger partial charge in [0, 0.05) is 13.1 Å². The van der Waals surface area contributed by atoms with Crippen molar-refractivity contribution in [2.75, 3.05) is 30.3 Å². The van der Waals surface area contributed by atoms with Gasteiger partial charge < -0.3 is 15.7 Å². The molecule has 0 aliphatic heterocycles. The third kappa shape index (κ3) is 2.59. The molecule has 72 valence electrons. The van der Waals surface area contributed by atoms with Gasteiger partial charge in [-0.15, -0.1) is 0 Å². The van der Waals surface area contributed by atoms with Gasteiger partial charge in [0.2, 0.25) is 0 Å². The van der Waals surface area contributed by atoms with Crippen molar-refractivity contribution < 1.29 is 5.11 Å². The van der Waals surface area contributed by atoms with Gasteiger partial charge in [-0.2, -0.15) is 0 Å². The molecular weight excluding hydrogens is 166 g/mol. The summed E-state index contributed by atoms with van der Waals surface area (Å²) in [6, 6.07) is 5.49. The van der Waals surface area contributed by atoms with Gasteiger partial charge in [0.05, 0.1) is 6.61 Å². The molecule has 0 amide bonds. The highest BCUT2D eigenvalue weighted by Crippen LogP contribution is 2.11. The van der Waals surface area contributed by atoms with E-state index in [-0.39, 0.29) is 6.61 Å². The zero-order chi connectivity index (χ0) is 9.68. The molecule has 0 aliphatic carbocycles. The lowest BCUT2D eigenvalue weighted by atomic mass is 10.4. The maximum absolute atomic E-state index is 8.80. The van der Waals surface area contributed by atoms with Crippen LogP contribution in [0.2, 0.25) is 0 Å². The van der Waals surface area contributed by atoms with E-state index in [4.69, 9.17) is 10.8 Å². The molecule has 4 heteroatoms. The number of rotatable bonds is 4. The number of aliphatic hydroxyl groups excluding tert-OH is 1. The van der Waals surface area contributed by atoms with Gasteiger partial charge in [-0.3, -0.25) is 0 Å². The Labute approximate surface area is 78.0 Å². The Hall–Kier alpha value is -1.29. The predicted molar refractivity (Wildman–Crippen MR) is 53.6 cm³/mol. The Balaban J connectivity index is 2.78. The van der Waals surface area contributed by atoms with E-state index >= 15 is 0 Å². The molecular formula is C9H15N3O. The lowest BCUT2D eigenvalue weighted by Gasteiger charge is -2.20. The minimum atomic E-state index is 0.129. The first-order valence-corrected chi connectivity index (χ1v) is 4.36. The van der Waals surface area contributed by atoms with Crippen molar-refractivity contribution >= 4 is 11.6 Å². The highest BCUT2D eigenvalue weighted by atomic mass is 16.3. The lowest BCUT2D eigenvalue weighted by molar-refractivity contribution is 0.302. The van der Waals surface area contributed by atoms with Crippen molar-refractivity contribution in [3.05, 3.63) is 18.2 Å². The van der Waals surface area contributed by atoms with Crippen LogP contribution in [-0.2, 0) is 0 Å². The van der Waals surface area contributed by atoms with E-state index in [1.54, 1.807) is 6.07 Å². The van der Waals surface area contributed by atoms with Gasteiger partial charge >= 0.3 is 0 Å². The summed E-state index contributed by atoms with van der Waals surface area (Å²) in [7, 11) is 0. The molecule has 1 rings (SSSR count). The number of hydrogen-bond donors (Lipinski definition) is 2. The van der Waals surface area contributed by atoms with Gasteiger partial charge in [-0.05, 0) is 19.1 Å². The topological polar surface area (TPSA) is 62.4 Å². The van der Waals surface area contributed by atoms with Crippen molar-refractivity contribution in [2.24, 2.45) is 0 Å². The Morgan fingerprint density at radius 2 is 2.31 bits per heavy atom. The lowest BCUT2D eigenvalue weighted by Crippen LogP contribution is -2.27. The van der Waals surface area contributed by atoms with Gasteiger partial charge in [-0.25, -0.2) is 4.98 Å². The minimum absolute atomic E-state index is 0.129. The van der Waals surface area contributed by atoms with Crippen LogP contribution in [-0.4, -0.2) is 29.8 Å². The molecule has 3 N–H and O–H groups in total. The number of anilines is 2. The van der Waals surface area contributed by atoms with Crippen LogP contribution >= 0.6 is 0 Å². The fourth-order valence-corrected chi connectivity index (χ4v) is 1.17. The van der Waals surface area contributed by atoms with Gasteiger partial charge in [0.1, 0.15) is 11.6 Å². The van der Waals surface area contributed by atoms with E-state index in [1.807, 2.05) is 24.0 Å². The Kier molecular flexibility index (Phi) is 3.52. The fourth-order valence-electron chi connectivity index (χ4n) is 1.17. The molecule has 0 unspecified atom stereocenters. The molecule has 13 heavy (non-hydrogen) atoms. The summed E-state index contributed by atoms with van der Waals surface area (Å²) in [5.41, 5.74) is 5.55. The van der Waals surface area contributed by atoms with Crippen molar-refractivity contribution in [3.63, 3.8) is 0 Å². The highest BCUT2D eigenvalue weighted by molar-refractivity contribution is 5.44. The van der Waals surface area contributed by atoms with E-state index < -0.39 is 0 Å². The third-order valence-electron chi connectivity index (χ3n) is 1.83. The summed E-state index contributed by atoms with van der Waals surface area (Å²) >= 11 is 0. The Morgan fingerprint density at radius 1 is 1.54 bits per heavy atom. The van der Waals surface area contributed by atoms with E-state index in [1.165, 1.54) is 0 Å². The van der Waals surface area contributed by atoms with Gasteiger partial charge in [0.25, 0.3) is 0 Å². The van der Waals surface area contributed by atoms with Crippen LogP contribution in [0.5, 0.6) is 0 Å². The quantitative estimate of drug-likeness (QED) is 0.709. The minimum Gasteiger partial charge on any atom is -0.395 e. The van der Waals surface area contributed by atoms with Crippen molar-refractivity contribution in [2.45, 2.75) is 6.92 Å². The zero-order valence-electron chi connectivity index (χ0n) is 7.77. The fraction of sp³-hybridized carbons (Fsp3) is 0.444. The molecule has 1 aromatic heterocycles. The van der Waals surface area contributed by atoms with E-state index in [2.05, 4.69) is 4.98 Å². The standard InChI is InChI=1S/C9H15N3O/c1-2-12(6-7-13)9-5-3-4-8(10)11-9/h3-5,13H,2,6-7H2,1H3,(H2,10,11). The van der Waals surface area contributed by atoms with Crippen LogP contribution in [0.1, 0.15) is 6.92 Å². The van der Waals surface area contributed by atoms with Gasteiger partial charge in [-0.1, -0.05) is 6.07 Å². The molecule has 0 aliphatic rings. The smallest absolute Gasteiger partial charge is 0.131 e. The monoisotopic (exact) mass is 181 g/mol. The van der Waals surface area contributed by atoms with Crippen LogP contribution < -0.4 is 10.6 Å². The Bertz CT molecular complexity index is 265. The van der Waals surface area contributed by atoms with Gasteiger partial charge in [0.15, 0.2) is 0 Å². The number of nitrogens with zero attached hydrogens (tertiary/aromatic N) is 2. The molecule has 0 fully saturated rings.